The van der Waals surface area contributed by atoms with Crippen molar-refractivity contribution in [1.29, 1.82) is 0 Å². The van der Waals surface area contributed by atoms with E-state index in [1.54, 1.807) is 30.3 Å². The van der Waals surface area contributed by atoms with Crippen LogP contribution in [-0.4, -0.2) is 34.8 Å². The summed E-state index contributed by atoms with van der Waals surface area (Å²) in [5, 5.41) is 13.0. The van der Waals surface area contributed by atoms with Gasteiger partial charge in [0.05, 0.1) is 17.2 Å². The number of amides is 1. The van der Waals surface area contributed by atoms with Crippen molar-refractivity contribution in [3.05, 3.63) is 58.4 Å². The van der Waals surface area contributed by atoms with Crippen molar-refractivity contribution in [1.82, 2.24) is 10.3 Å². The van der Waals surface area contributed by atoms with Crippen LogP contribution in [0.25, 0.3) is 0 Å². The monoisotopic (exact) mass is 368 g/mol. The Balaban J connectivity index is 1.79. The summed E-state index contributed by atoms with van der Waals surface area (Å²) < 4.78 is 5.52. The molecular formula is C18H21BN4O4. The first-order chi connectivity index (χ1) is 12.9. The molecule has 3 rings (SSSR count). The van der Waals surface area contributed by atoms with Gasteiger partial charge < -0.3 is 26.5 Å². The molecule has 1 aromatic carbocycles. The van der Waals surface area contributed by atoms with Crippen LogP contribution < -0.4 is 21.4 Å². The van der Waals surface area contributed by atoms with E-state index in [2.05, 4.69) is 10.3 Å². The van der Waals surface area contributed by atoms with E-state index in [-0.39, 0.29) is 24.6 Å². The molecule has 0 radical (unpaired) electrons. The lowest BCUT2D eigenvalue weighted by Crippen LogP contribution is -2.53. The predicted molar refractivity (Wildman–Crippen MR) is 100 cm³/mol. The first kappa shape index (κ1) is 19.0. The molecule has 0 saturated heterocycles. The highest BCUT2D eigenvalue weighted by Crippen LogP contribution is 2.30. The molecule has 0 bridgehead atoms. The highest BCUT2D eigenvalue weighted by Gasteiger charge is 2.37. The summed E-state index contributed by atoms with van der Waals surface area (Å²) in [5.41, 5.74) is 14.0. The molecule has 6 N–H and O–H groups in total. The van der Waals surface area contributed by atoms with Gasteiger partial charge in [-0.15, -0.1) is 0 Å². The van der Waals surface area contributed by atoms with Crippen LogP contribution in [0.15, 0.2) is 30.3 Å². The molecule has 1 aliphatic rings. The normalized spacial score (nSPS) is 15.7. The largest absolute Gasteiger partial charge is 0.547 e. The van der Waals surface area contributed by atoms with Crippen molar-refractivity contribution in [3.63, 3.8) is 0 Å². The SMILES string of the molecule is CC(=O)c1cccc2c1OB(O)[C@@H](NC(=O)c1ccc(CN)c(CN)n1)C2. The predicted octanol–water partition coefficient (Wildman–Crippen LogP) is -0.0452. The third kappa shape index (κ3) is 3.85. The Morgan fingerprint density at radius 3 is 2.74 bits per heavy atom. The number of hydrogen-bond donors (Lipinski definition) is 4. The van der Waals surface area contributed by atoms with Gasteiger partial charge in [-0.1, -0.05) is 18.2 Å². The molecule has 1 aromatic heterocycles. The maximum Gasteiger partial charge on any atom is 0.547 e. The van der Waals surface area contributed by atoms with Crippen molar-refractivity contribution < 1.29 is 19.3 Å². The molecule has 8 nitrogen and oxygen atoms in total. The molecule has 1 atom stereocenters. The van der Waals surface area contributed by atoms with Gasteiger partial charge in [0.25, 0.3) is 5.91 Å². The second-order valence-corrected chi connectivity index (χ2v) is 6.35. The summed E-state index contributed by atoms with van der Waals surface area (Å²) in [7, 11) is -1.28. The van der Waals surface area contributed by atoms with Crippen molar-refractivity contribution in [3.8, 4) is 5.75 Å². The van der Waals surface area contributed by atoms with Crippen LogP contribution in [0.1, 0.15) is 44.6 Å². The fraction of sp³-hybridized carbons (Fsp3) is 0.278. The van der Waals surface area contributed by atoms with E-state index in [1.807, 2.05) is 0 Å². The van der Waals surface area contributed by atoms with Crippen molar-refractivity contribution in [2.75, 3.05) is 0 Å². The summed E-state index contributed by atoms with van der Waals surface area (Å²) >= 11 is 0. The number of ketones is 1. The Kier molecular flexibility index (Phi) is 5.55. The van der Waals surface area contributed by atoms with Crippen LogP contribution in [0.4, 0.5) is 0 Å². The highest BCUT2D eigenvalue weighted by molar-refractivity contribution is 6.47. The molecule has 2 aromatic rings. The lowest BCUT2D eigenvalue weighted by molar-refractivity contribution is 0.0933. The average Bonchev–Trinajstić information content (AvgIpc) is 2.67. The summed E-state index contributed by atoms with van der Waals surface area (Å²) in [5.74, 6) is -0.921. The van der Waals surface area contributed by atoms with Gasteiger partial charge in [0.1, 0.15) is 11.4 Å². The second kappa shape index (κ2) is 7.87. The minimum absolute atomic E-state index is 0.153. The minimum Gasteiger partial charge on any atom is -0.534 e. The van der Waals surface area contributed by atoms with E-state index in [4.69, 9.17) is 16.1 Å². The average molecular weight is 368 g/mol. The number of Topliss-reactive ketones (excluding diaryl/α,β-unsaturated/α-hetero) is 1. The molecule has 27 heavy (non-hydrogen) atoms. The number of nitrogens with one attached hydrogen (secondary N) is 1. The maximum atomic E-state index is 12.5. The van der Waals surface area contributed by atoms with Crippen LogP contribution in [0, 0.1) is 0 Å². The zero-order chi connectivity index (χ0) is 19.6. The minimum atomic E-state index is -1.28. The molecule has 9 heteroatoms. The van der Waals surface area contributed by atoms with E-state index in [0.717, 1.165) is 11.1 Å². The number of rotatable bonds is 5. The Morgan fingerprint density at radius 2 is 2.07 bits per heavy atom. The molecule has 140 valence electrons. The van der Waals surface area contributed by atoms with Gasteiger partial charge in [0.15, 0.2) is 5.78 Å². The van der Waals surface area contributed by atoms with Crippen LogP contribution in [-0.2, 0) is 19.5 Å². The number of nitrogens with two attached hydrogens (primary N) is 2. The fourth-order valence-electron chi connectivity index (χ4n) is 3.09. The molecule has 0 saturated carbocycles. The molecule has 0 unspecified atom stereocenters. The Labute approximate surface area is 157 Å². The lowest BCUT2D eigenvalue weighted by Gasteiger charge is -2.29. The topological polar surface area (TPSA) is 141 Å². The van der Waals surface area contributed by atoms with E-state index >= 15 is 0 Å². The third-order valence-electron chi connectivity index (χ3n) is 4.53. The number of carbonyl (C=O) groups is 2. The number of para-hydroxylation sites is 1. The fourth-order valence-corrected chi connectivity index (χ4v) is 3.09. The van der Waals surface area contributed by atoms with Gasteiger partial charge >= 0.3 is 7.12 Å². The number of nitrogens with zero attached hydrogens (tertiary/aromatic N) is 1. The number of hydrogen-bond acceptors (Lipinski definition) is 7. The lowest BCUT2D eigenvalue weighted by atomic mass is 9.72. The summed E-state index contributed by atoms with van der Waals surface area (Å²) in [4.78, 5) is 28.5. The number of carbonyl (C=O) groups excluding carboxylic acids is 2. The standard InChI is InChI=1S/C18H21BN4O4/c1-10(24)13-4-2-3-11-7-16(19(26)27-17(11)13)23-18(25)14-6-5-12(8-20)15(9-21)22-14/h2-6,16,26H,7-9,20-21H2,1H3,(H,23,25)/t16-/m0/s1. The van der Waals surface area contributed by atoms with Crippen molar-refractivity contribution in [2.45, 2.75) is 32.4 Å². The smallest absolute Gasteiger partial charge is 0.534 e. The van der Waals surface area contributed by atoms with Gasteiger partial charge in [-0.2, -0.15) is 0 Å². The quantitative estimate of drug-likeness (QED) is 0.429. The van der Waals surface area contributed by atoms with Crippen LogP contribution in [0.2, 0.25) is 0 Å². The van der Waals surface area contributed by atoms with Gasteiger partial charge in [0.2, 0.25) is 0 Å². The van der Waals surface area contributed by atoms with E-state index in [0.29, 0.717) is 23.4 Å². The van der Waals surface area contributed by atoms with Crippen molar-refractivity contribution in [2.24, 2.45) is 11.5 Å². The molecule has 0 aliphatic carbocycles. The third-order valence-corrected chi connectivity index (χ3v) is 4.53. The summed E-state index contributed by atoms with van der Waals surface area (Å²) in [6, 6.07) is 8.47. The molecule has 0 fully saturated rings. The van der Waals surface area contributed by atoms with Gasteiger partial charge in [-0.05, 0) is 36.6 Å². The van der Waals surface area contributed by atoms with E-state index in [9.17, 15) is 14.6 Å². The zero-order valence-corrected chi connectivity index (χ0v) is 14.9. The second-order valence-electron chi connectivity index (χ2n) is 6.35. The van der Waals surface area contributed by atoms with Gasteiger partial charge in [-0.25, -0.2) is 4.98 Å². The van der Waals surface area contributed by atoms with E-state index in [1.165, 1.54) is 6.92 Å². The highest BCUT2D eigenvalue weighted by atomic mass is 16.5. The van der Waals surface area contributed by atoms with Crippen LogP contribution in [0.5, 0.6) is 5.75 Å². The molecule has 1 aliphatic heterocycles. The molecule has 1 amide bonds. The molecule has 0 spiro atoms. The number of benzene rings is 1. The number of pyridine rings is 1. The Bertz CT molecular complexity index is 890. The Morgan fingerprint density at radius 1 is 1.30 bits per heavy atom. The van der Waals surface area contributed by atoms with Crippen LogP contribution >= 0.6 is 0 Å². The molecular weight excluding hydrogens is 347 g/mol. The van der Waals surface area contributed by atoms with Crippen molar-refractivity contribution >= 4 is 18.8 Å². The van der Waals surface area contributed by atoms with Gasteiger partial charge in [-0.3, -0.25) is 9.59 Å². The Hall–Kier alpha value is -2.75. The van der Waals surface area contributed by atoms with E-state index < -0.39 is 19.0 Å². The maximum absolute atomic E-state index is 12.5. The number of fused-ring (bicyclic) bond motifs is 1. The first-order valence-corrected chi connectivity index (χ1v) is 8.62. The number of aromatic nitrogens is 1. The summed E-state index contributed by atoms with van der Waals surface area (Å²) in [6.45, 7) is 1.89. The van der Waals surface area contributed by atoms with Gasteiger partial charge in [0, 0.05) is 13.1 Å². The first-order valence-electron chi connectivity index (χ1n) is 8.62. The molecule has 2 heterocycles. The summed E-state index contributed by atoms with van der Waals surface area (Å²) in [6.07, 6.45) is 0.327. The zero-order valence-electron chi connectivity index (χ0n) is 14.9. The van der Waals surface area contributed by atoms with Crippen LogP contribution in [0.3, 0.4) is 0 Å².